The van der Waals surface area contributed by atoms with Crippen LogP contribution in [0.1, 0.15) is 12.8 Å². The molecule has 1 fully saturated rings. The minimum absolute atomic E-state index is 0.349. The van der Waals surface area contributed by atoms with Crippen LogP contribution in [0.15, 0.2) is 30.2 Å². The van der Waals surface area contributed by atoms with Gasteiger partial charge in [0.25, 0.3) is 0 Å². The molecule has 1 saturated heterocycles. The molecule has 1 aliphatic heterocycles. The zero-order valence-electron chi connectivity index (χ0n) is 19.4. The lowest BCUT2D eigenvalue weighted by Crippen LogP contribution is -2.41. The number of amides is 1. The number of imidazole rings is 1. The molecule has 0 spiro atoms. The van der Waals surface area contributed by atoms with Gasteiger partial charge >= 0.3 is 0 Å². The molecule has 3 aromatic heterocycles. The van der Waals surface area contributed by atoms with Gasteiger partial charge in [-0.3, -0.25) is 4.79 Å². The highest BCUT2D eigenvalue weighted by Crippen LogP contribution is 2.39. The largest absolute Gasteiger partial charge is 0.493 e. The van der Waals surface area contributed by atoms with E-state index >= 15 is 0 Å². The minimum Gasteiger partial charge on any atom is -0.493 e. The SMILES string of the molecule is COc1cc(-n2cnc(Nc3nc(N4CCC[C@H]4C(N)=O)c4ncsc4n3)c2)cc(OC)c1OC. The van der Waals surface area contributed by atoms with Crippen molar-refractivity contribution in [3.05, 3.63) is 30.2 Å². The van der Waals surface area contributed by atoms with Gasteiger partial charge in [0.15, 0.2) is 28.0 Å². The number of anilines is 3. The van der Waals surface area contributed by atoms with Crippen LogP contribution in [-0.4, -0.2) is 64.3 Å². The van der Waals surface area contributed by atoms with E-state index in [9.17, 15) is 4.79 Å². The molecule has 0 unspecified atom stereocenters. The molecule has 4 heterocycles. The Balaban J connectivity index is 1.47. The summed E-state index contributed by atoms with van der Waals surface area (Å²) >= 11 is 1.40. The molecule has 35 heavy (non-hydrogen) atoms. The standard InChI is InChI=1S/C22H24N8O4S/c1-32-14-7-12(8-15(33-2)18(14)34-3)29-9-16(24-10-29)26-22-27-20(17-21(28-22)35-11-25-17)30-6-4-5-13(30)19(23)31/h7-11,13H,4-6H2,1-3H3,(H2,23,31)(H,26,27,28)/t13-/m0/s1. The molecule has 182 valence electrons. The Kier molecular flexibility index (Phi) is 5.99. The van der Waals surface area contributed by atoms with Crippen molar-refractivity contribution in [2.75, 3.05) is 38.1 Å². The van der Waals surface area contributed by atoms with Crippen molar-refractivity contribution in [3.8, 4) is 22.9 Å². The first-order valence-electron chi connectivity index (χ1n) is 10.8. The fourth-order valence-corrected chi connectivity index (χ4v) is 4.83. The van der Waals surface area contributed by atoms with E-state index in [1.165, 1.54) is 11.3 Å². The summed E-state index contributed by atoms with van der Waals surface area (Å²) in [5.41, 5.74) is 8.75. The summed E-state index contributed by atoms with van der Waals surface area (Å²) in [5.74, 6) is 2.66. The highest BCUT2D eigenvalue weighted by Gasteiger charge is 2.32. The van der Waals surface area contributed by atoms with Crippen molar-refractivity contribution >= 4 is 45.2 Å². The molecule has 3 N–H and O–H groups in total. The number of nitrogens with one attached hydrogen (secondary N) is 1. The number of ether oxygens (including phenoxy) is 3. The fraction of sp³-hybridized carbons (Fsp3) is 0.318. The fourth-order valence-electron chi connectivity index (χ4n) is 4.18. The number of carbonyl (C=O) groups excluding carboxylic acids is 1. The van der Waals surface area contributed by atoms with E-state index in [2.05, 4.69) is 25.3 Å². The van der Waals surface area contributed by atoms with Crippen LogP contribution < -0.4 is 30.2 Å². The molecule has 1 atom stereocenters. The van der Waals surface area contributed by atoms with Gasteiger partial charge in [0, 0.05) is 18.7 Å². The Bertz CT molecular complexity index is 1360. The number of thiazole rings is 1. The van der Waals surface area contributed by atoms with Crippen LogP contribution in [0.3, 0.4) is 0 Å². The van der Waals surface area contributed by atoms with E-state index < -0.39 is 6.04 Å². The zero-order chi connectivity index (χ0) is 24.5. The summed E-state index contributed by atoms with van der Waals surface area (Å²) < 4.78 is 18.1. The van der Waals surface area contributed by atoms with Crippen molar-refractivity contribution in [1.29, 1.82) is 0 Å². The van der Waals surface area contributed by atoms with Gasteiger partial charge in [0.05, 0.1) is 38.7 Å². The van der Waals surface area contributed by atoms with Crippen LogP contribution in [-0.2, 0) is 4.79 Å². The van der Waals surface area contributed by atoms with Crippen molar-refractivity contribution in [2.24, 2.45) is 5.73 Å². The number of methoxy groups -OCH3 is 3. The van der Waals surface area contributed by atoms with E-state index in [0.29, 0.717) is 58.1 Å². The first-order chi connectivity index (χ1) is 17.0. The lowest BCUT2D eigenvalue weighted by molar-refractivity contribution is -0.119. The molecule has 12 nitrogen and oxygen atoms in total. The normalized spacial score (nSPS) is 15.4. The number of hydrogen-bond donors (Lipinski definition) is 2. The molecule has 0 radical (unpaired) electrons. The molecular weight excluding hydrogens is 472 g/mol. The van der Waals surface area contributed by atoms with Crippen LogP contribution in [0.5, 0.6) is 17.2 Å². The highest BCUT2D eigenvalue weighted by atomic mass is 32.1. The maximum Gasteiger partial charge on any atom is 0.240 e. The number of aromatic nitrogens is 5. The maximum absolute atomic E-state index is 12.0. The second-order valence-electron chi connectivity index (χ2n) is 7.81. The van der Waals surface area contributed by atoms with Crippen molar-refractivity contribution in [2.45, 2.75) is 18.9 Å². The molecule has 1 amide bonds. The number of nitrogens with zero attached hydrogens (tertiary/aromatic N) is 6. The van der Waals surface area contributed by atoms with Crippen LogP contribution >= 0.6 is 11.3 Å². The maximum atomic E-state index is 12.0. The Labute approximate surface area is 204 Å². The van der Waals surface area contributed by atoms with E-state index in [1.54, 1.807) is 39.4 Å². The summed E-state index contributed by atoms with van der Waals surface area (Å²) in [4.78, 5) is 32.7. The van der Waals surface area contributed by atoms with Gasteiger partial charge in [-0.1, -0.05) is 0 Å². The monoisotopic (exact) mass is 496 g/mol. The summed E-state index contributed by atoms with van der Waals surface area (Å²) in [6.07, 6.45) is 4.99. The third-order valence-electron chi connectivity index (χ3n) is 5.80. The molecule has 0 saturated carbocycles. The lowest BCUT2D eigenvalue weighted by atomic mass is 10.2. The average molecular weight is 497 g/mol. The van der Waals surface area contributed by atoms with Gasteiger partial charge in [0.2, 0.25) is 17.6 Å². The number of benzene rings is 1. The summed E-state index contributed by atoms with van der Waals surface area (Å²) in [7, 11) is 4.69. The molecule has 0 aliphatic carbocycles. The number of carbonyl (C=O) groups is 1. The van der Waals surface area contributed by atoms with Crippen molar-refractivity contribution in [1.82, 2.24) is 24.5 Å². The Morgan fingerprint density at radius 3 is 2.60 bits per heavy atom. The molecule has 1 aromatic carbocycles. The van der Waals surface area contributed by atoms with Gasteiger partial charge in [-0.25, -0.2) is 9.97 Å². The molecule has 1 aliphatic rings. The Morgan fingerprint density at radius 1 is 1.14 bits per heavy atom. The number of hydrogen-bond acceptors (Lipinski definition) is 11. The van der Waals surface area contributed by atoms with Crippen LogP contribution in [0.4, 0.5) is 17.6 Å². The summed E-state index contributed by atoms with van der Waals surface area (Å²) in [5, 5.41) is 3.16. The van der Waals surface area contributed by atoms with E-state index in [1.807, 2.05) is 21.6 Å². The third kappa shape index (κ3) is 4.14. The van der Waals surface area contributed by atoms with Crippen molar-refractivity contribution < 1.29 is 19.0 Å². The predicted molar refractivity (Wildman–Crippen MR) is 131 cm³/mol. The number of primary amides is 1. The summed E-state index contributed by atoms with van der Waals surface area (Å²) in [6, 6.07) is 3.23. The van der Waals surface area contributed by atoms with E-state index in [-0.39, 0.29) is 5.91 Å². The molecule has 0 bridgehead atoms. The third-order valence-corrected chi connectivity index (χ3v) is 6.52. The smallest absolute Gasteiger partial charge is 0.240 e. The first kappa shape index (κ1) is 22.7. The number of nitrogens with two attached hydrogens (primary N) is 1. The topological polar surface area (TPSA) is 143 Å². The van der Waals surface area contributed by atoms with Crippen LogP contribution in [0.2, 0.25) is 0 Å². The van der Waals surface area contributed by atoms with Crippen LogP contribution in [0.25, 0.3) is 16.0 Å². The van der Waals surface area contributed by atoms with Gasteiger partial charge in [0.1, 0.15) is 17.9 Å². The van der Waals surface area contributed by atoms with Gasteiger partial charge in [-0.15, -0.1) is 11.3 Å². The minimum atomic E-state index is -0.415. The van der Waals surface area contributed by atoms with Gasteiger partial charge in [-0.2, -0.15) is 9.97 Å². The molecule has 13 heteroatoms. The van der Waals surface area contributed by atoms with Gasteiger partial charge < -0.3 is 34.7 Å². The first-order valence-corrected chi connectivity index (χ1v) is 11.7. The van der Waals surface area contributed by atoms with Crippen molar-refractivity contribution in [3.63, 3.8) is 0 Å². The van der Waals surface area contributed by atoms with E-state index in [0.717, 1.165) is 12.1 Å². The lowest BCUT2D eigenvalue weighted by Gasteiger charge is -2.23. The molecule has 4 aromatic rings. The molecular formula is C22H24N8O4S. The average Bonchev–Trinajstić information content (AvgIpc) is 3.63. The number of rotatable bonds is 8. The quantitative estimate of drug-likeness (QED) is 0.373. The summed E-state index contributed by atoms with van der Waals surface area (Å²) in [6.45, 7) is 0.673. The number of fused-ring (bicyclic) bond motifs is 1. The second-order valence-corrected chi connectivity index (χ2v) is 8.64. The van der Waals surface area contributed by atoms with Crippen LogP contribution in [0, 0.1) is 0 Å². The highest BCUT2D eigenvalue weighted by molar-refractivity contribution is 7.16. The Morgan fingerprint density at radius 2 is 1.91 bits per heavy atom. The predicted octanol–water partition coefficient (Wildman–Crippen LogP) is 2.50. The van der Waals surface area contributed by atoms with Gasteiger partial charge in [-0.05, 0) is 12.8 Å². The van der Waals surface area contributed by atoms with E-state index in [4.69, 9.17) is 19.9 Å². The zero-order valence-corrected chi connectivity index (χ0v) is 20.2. The molecule has 5 rings (SSSR count). The Hall–Kier alpha value is -4.13. The second kappa shape index (κ2) is 9.25.